The summed E-state index contributed by atoms with van der Waals surface area (Å²) in [4.78, 5) is 0. The van der Waals surface area contributed by atoms with E-state index in [-0.39, 0.29) is 11.4 Å². The van der Waals surface area contributed by atoms with Crippen molar-refractivity contribution < 1.29 is 13.2 Å². The van der Waals surface area contributed by atoms with Gasteiger partial charge in [-0.15, -0.1) is 0 Å². The molecule has 1 nitrogen and oxygen atoms in total. The fourth-order valence-electron chi connectivity index (χ4n) is 1.11. The summed E-state index contributed by atoms with van der Waals surface area (Å²) in [5.74, 6) is 0. The highest BCUT2D eigenvalue weighted by molar-refractivity contribution is 6.31. The lowest BCUT2D eigenvalue weighted by molar-refractivity contribution is -0.137. The van der Waals surface area contributed by atoms with Crippen LogP contribution in [-0.2, 0) is 6.18 Å². The molecule has 1 aromatic rings. The normalized spacial score (nSPS) is 11.7. The van der Waals surface area contributed by atoms with E-state index in [1.165, 1.54) is 12.1 Å². The number of nitrogens with zero attached hydrogens (tertiary/aromatic N) is 1. The van der Waals surface area contributed by atoms with Crippen LogP contribution in [0.5, 0.6) is 0 Å². The molecule has 84 valence electrons. The summed E-state index contributed by atoms with van der Waals surface area (Å²) in [6.45, 7) is 0. The van der Waals surface area contributed by atoms with E-state index < -0.39 is 11.7 Å². The molecule has 0 fully saturated rings. The second-order valence-electron chi connectivity index (χ2n) is 3.00. The number of hydrogen-bond donors (Lipinski definition) is 0. The number of nitriles is 1. The first-order chi connectivity index (χ1) is 7.45. The van der Waals surface area contributed by atoms with Gasteiger partial charge in [0.1, 0.15) is 0 Å². The van der Waals surface area contributed by atoms with Crippen molar-refractivity contribution in [1.82, 2.24) is 0 Å². The van der Waals surface area contributed by atoms with Gasteiger partial charge < -0.3 is 0 Å². The molecule has 0 aliphatic rings. The summed E-state index contributed by atoms with van der Waals surface area (Å²) in [5, 5.41) is 7.93. The number of allylic oxidation sites excluding steroid dienone is 1. The van der Waals surface area contributed by atoms with Crippen molar-refractivity contribution in [3.63, 3.8) is 0 Å². The van der Waals surface area contributed by atoms with Gasteiger partial charge in [0, 0.05) is 0 Å². The highest BCUT2D eigenvalue weighted by Crippen LogP contribution is 2.35. The van der Waals surface area contributed by atoms with E-state index in [0.717, 1.165) is 6.07 Å². The summed E-state index contributed by atoms with van der Waals surface area (Å²) in [6.07, 6.45) is -1.13. The van der Waals surface area contributed by atoms with Gasteiger partial charge in [0.25, 0.3) is 0 Å². The van der Waals surface area contributed by atoms with Crippen molar-refractivity contribution in [2.75, 3.05) is 0 Å². The monoisotopic (exact) mass is 245 g/mol. The largest absolute Gasteiger partial charge is 0.417 e. The molecule has 0 spiro atoms. The van der Waals surface area contributed by atoms with Crippen LogP contribution >= 0.6 is 11.6 Å². The van der Waals surface area contributed by atoms with Gasteiger partial charge in [-0.3, -0.25) is 0 Å². The Hall–Kier alpha value is -1.47. The minimum atomic E-state index is -4.44. The van der Waals surface area contributed by atoms with Crippen LogP contribution in [0.25, 0.3) is 6.08 Å². The van der Waals surface area contributed by atoms with Crippen LogP contribution < -0.4 is 0 Å². The number of alkyl halides is 3. The van der Waals surface area contributed by atoms with Gasteiger partial charge in [-0.2, -0.15) is 18.4 Å². The van der Waals surface area contributed by atoms with E-state index in [0.29, 0.717) is 5.56 Å². The maximum Gasteiger partial charge on any atom is 0.417 e. The Kier molecular flexibility index (Phi) is 3.97. The molecule has 0 aromatic heterocycles. The zero-order valence-electron chi connectivity index (χ0n) is 8.05. The lowest BCUT2D eigenvalue weighted by atomic mass is 10.1. The van der Waals surface area contributed by atoms with Crippen molar-refractivity contribution in [3.05, 3.63) is 40.4 Å². The molecule has 0 unspecified atom stereocenters. The summed E-state index contributed by atoms with van der Waals surface area (Å²) < 4.78 is 37.0. The molecule has 0 radical (unpaired) electrons. The minimum Gasteiger partial charge on any atom is -0.198 e. The maximum absolute atomic E-state index is 12.3. The van der Waals surface area contributed by atoms with Crippen LogP contribution in [0, 0.1) is 11.3 Å². The van der Waals surface area contributed by atoms with E-state index in [2.05, 4.69) is 0 Å². The zero-order valence-corrected chi connectivity index (χ0v) is 8.81. The average molecular weight is 246 g/mol. The minimum absolute atomic E-state index is 0.207. The smallest absolute Gasteiger partial charge is 0.198 e. The zero-order chi connectivity index (χ0) is 12.2. The van der Waals surface area contributed by atoms with E-state index in [4.69, 9.17) is 16.9 Å². The number of hydrogen-bond acceptors (Lipinski definition) is 1. The van der Waals surface area contributed by atoms with Crippen molar-refractivity contribution in [2.45, 2.75) is 12.6 Å². The summed E-state index contributed by atoms with van der Waals surface area (Å²) >= 11 is 5.51. The molecule has 0 saturated heterocycles. The van der Waals surface area contributed by atoms with Crippen molar-refractivity contribution in [3.8, 4) is 6.07 Å². The van der Waals surface area contributed by atoms with Gasteiger partial charge in [-0.05, 0) is 17.7 Å². The quantitative estimate of drug-likeness (QED) is 0.763. The standard InChI is InChI=1S/C11H7ClF3N/c12-10-7-8(3-1-2-6-16)4-5-9(10)11(13,14)15/h1,3-5,7H,2H2. The van der Waals surface area contributed by atoms with Gasteiger partial charge in [0.15, 0.2) is 0 Å². The highest BCUT2D eigenvalue weighted by atomic mass is 35.5. The van der Waals surface area contributed by atoms with Crippen molar-refractivity contribution in [1.29, 1.82) is 5.26 Å². The van der Waals surface area contributed by atoms with Gasteiger partial charge in [0.2, 0.25) is 0 Å². The SMILES string of the molecule is N#CCC=Cc1ccc(C(F)(F)F)c(Cl)c1. The Morgan fingerprint density at radius 1 is 1.38 bits per heavy atom. The Labute approximate surface area is 95.8 Å². The predicted molar refractivity (Wildman–Crippen MR) is 55.7 cm³/mol. The predicted octanol–water partition coefficient (Wildman–Crippen LogP) is 4.29. The molecular weight excluding hydrogens is 239 g/mol. The Bertz CT molecular complexity index is 444. The Morgan fingerprint density at radius 2 is 2.06 bits per heavy atom. The third-order valence-corrected chi connectivity index (χ3v) is 2.13. The molecule has 5 heteroatoms. The molecule has 0 heterocycles. The molecule has 1 aromatic carbocycles. The Balaban J connectivity index is 2.97. The van der Waals surface area contributed by atoms with E-state index in [9.17, 15) is 13.2 Å². The van der Waals surface area contributed by atoms with Gasteiger partial charge in [-0.1, -0.05) is 29.8 Å². The van der Waals surface area contributed by atoms with Crippen LogP contribution in [0.15, 0.2) is 24.3 Å². The molecule has 0 amide bonds. The molecule has 16 heavy (non-hydrogen) atoms. The average Bonchev–Trinajstić information content (AvgIpc) is 2.16. The lowest BCUT2D eigenvalue weighted by Crippen LogP contribution is -2.05. The molecule has 0 N–H and O–H groups in total. The second kappa shape index (κ2) is 5.04. The third-order valence-electron chi connectivity index (χ3n) is 1.82. The highest BCUT2D eigenvalue weighted by Gasteiger charge is 2.32. The summed E-state index contributed by atoms with van der Waals surface area (Å²) in [7, 11) is 0. The van der Waals surface area contributed by atoms with Gasteiger partial charge in [0.05, 0.1) is 23.1 Å². The number of benzene rings is 1. The van der Waals surface area contributed by atoms with Crippen LogP contribution in [0.3, 0.4) is 0 Å². The third kappa shape index (κ3) is 3.28. The van der Waals surface area contributed by atoms with Crippen LogP contribution in [-0.4, -0.2) is 0 Å². The fourth-order valence-corrected chi connectivity index (χ4v) is 1.41. The molecular formula is C11H7ClF3N. The molecule has 0 saturated carbocycles. The fraction of sp³-hybridized carbons (Fsp3) is 0.182. The topological polar surface area (TPSA) is 23.8 Å². The van der Waals surface area contributed by atoms with Crippen LogP contribution in [0.4, 0.5) is 13.2 Å². The van der Waals surface area contributed by atoms with E-state index in [1.807, 2.05) is 6.07 Å². The van der Waals surface area contributed by atoms with Crippen molar-refractivity contribution >= 4 is 17.7 Å². The summed E-state index contributed by atoms with van der Waals surface area (Å²) in [6, 6.07) is 5.34. The van der Waals surface area contributed by atoms with E-state index >= 15 is 0 Å². The van der Waals surface area contributed by atoms with Crippen LogP contribution in [0.2, 0.25) is 5.02 Å². The molecule has 0 atom stereocenters. The van der Waals surface area contributed by atoms with Crippen molar-refractivity contribution in [2.24, 2.45) is 0 Å². The second-order valence-corrected chi connectivity index (χ2v) is 3.41. The molecule has 0 aliphatic carbocycles. The Morgan fingerprint density at radius 3 is 2.56 bits per heavy atom. The number of halogens is 4. The number of rotatable bonds is 2. The van der Waals surface area contributed by atoms with E-state index in [1.54, 1.807) is 12.2 Å². The van der Waals surface area contributed by atoms with Crippen LogP contribution in [0.1, 0.15) is 17.5 Å². The molecule has 0 bridgehead atoms. The van der Waals surface area contributed by atoms with Gasteiger partial charge in [-0.25, -0.2) is 0 Å². The lowest BCUT2D eigenvalue weighted by Gasteiger charge is -2.08. The van der Waals surface area contributed by atoms with Gasteiger partial charge >= 0.3 is 6.18 Å². The molecule has 1 rings (SSSR count). The molecule has 0 aliphatic heterocycles. The first-order valence-corrected chi connectivity index (χ1v) is 4.73. The first-order valence-electron chi connectivity index (χ1n) is 4.35. The first kappa shape index (κ1) is 12.6. The summed E-state index contributed by atoms with van der Waals surface area (Å²) in [5.41, 5.74) is -0.320. The maximum atomic E-state index is 12.3.